The smallest absolute Gasteiger partial charge is 0.0948 e. The van der Waals surface area contributed by atoms with E-state index in [1.807, 2.05) is 12.5 Å². The molecule has 1 aliphatic rings. The molecule has 0 aromatic carbocycles. The highest BCUT2D eigenvalue weighted by atomic mass is 15.1. The minimum absolute atomic E-state index is 0.729. The summed E-state index contributed by atoms with van der Waals surface area (Å²) in [4.78, 5) is 4.05. The maximum atomic E-state index is 4.05. The molecule has 1 aliphatic carbocycles. The summed E-state index contributed by atoms with van der Waals surface area (Å²) in [6.07, 6.45) is 9.91. The van der Waals surface area contributed by atoms with E-state index in [4.69, 9.17) is 0 Å². The van der Waals surface area contributed by atoms with Crippen molar-refractivity contribution in [1.29, 1.82) is 0 Å². The SMILES string of the molecule is C[C@@H]1CC[C@@H](n2ccnc2)C1. The van der Waals surface area contributed by atoms with Crippen molar-refractivity contribution >= 4 is 0 Å². The summed E-state index contributed by atoms with van der Waals surface area (Å²) in [5.41, 5.74) is 0. The van der Waals surface area contributed by atoms with Crippen LogP contribution in [0.1, 0.15) is 32.2 Å². The Morgan fingerprint density at radius 2 is 2.36 bits per heavy atom. The predicted molar refractivity (Wildman–Crippen MR) is 44.3 cm³/mol. The number of hydrogen-bond donors (Lipinski definition) is 0. The molecule has 0 amide bonds. The summed E-state index contributed by atoms with van der Waals surface area (Å²) < 4.78 is 2.24. The van der Waals surface area contributed by atoms with Gasteiger partial charge in [0.25, 0.3) is 0 Å². The maximum Gasteiger partial charge on any atom is 0.0948 e. The Bertz CT molecular complexity index is 215. The number of rotatable bonds is 1. The van der Waals surface area contributed by atoms with Crippen LogP contribution in [0.5, 0.6) is 0 Å². The van der Waals surface area contributed by atoms with Gasteiger partial charge in [-0.3, -0.25) is 0 Å². The van der Waals surface area contributed by atoms with Gasteiger partial charge in [-0.1, -0.05) is 6.92 Å². The largest absolute Gasteiger partial charge is 0.334 e. The summed E-state index contributed by atoms with van der Waals surface area (Å²) in [6, 6.07) is 0.729. The Kier molecular flexibility index (Phi) is 1.68. The molecule has 1 heterocycles. The van der Waals surface area contributed by atoms with Gasteiger partial charge in [-0.2, -0.15) is 0 Å². The second-order valence-corrected chi connectivity index (χ2v) is 3.58. The first-order chi connectivity index (χ1) is 5.36. The van der Waals surface area contributed by atoms with Gasteiger partial charge in [0.2, 0.25) is 0 Å². The third-order valence-electron chi connectivity index (χ3n) is 2.61. The third-order valence-corrected chi connectivity index (χ3v) is 2.61. The molecular formula is C9H14N2. The van der Waals surface area contributed by atoms with Crippen LogP contribution in [-0.2, 0) is 0 Å². The first-order valence-corrected chi connectivity index (χ1v) is 4.33. The Morgan fingerprint density at radius 1 is 1.45 bits per heavy atom. The molecule has 1 aromatic heterocycles. The first-order valence-electron chi connectivity index (χ1n) is 4.33. The molecular weight excluding hydrogens is 136 g/mol. The highest BCUT2D eigenvalue weighted by Gasteiger charge is 2.21. The van der Waals surface area contributed by atoms with Gasteiger partial charge in [0.15, 0.2) is 0 Å². The van der Waals surface area contributed by atoms with E-state index in [1.54, 1.807) is 0 Å². The zero-order valence-electron chi connectivity index (χ0n) is 6.90. The molecule has 2 rings (SSSR count). The van der Waals surface area contributed by atoms with Crippen molar-refractivity contribution in [3.8, 4) is 0 Å². The van der Waals surface area contributed by atoms with Crippen LogP contribution in [0.3, 0.4) is 0 Å². The minimum Gasteiger partial charge on any atom is -0.334 e. The molecule has 0 radical (unpaired) electrons. The van der Waals surface area contributed by atoms with Crippen molar-refractivity contribution in [3.63, 3.8) is 0 Å². The zero-order chi connectivity index (χ0) is 7.68. The number of aromatic nitrogens is 2. The van der Waals surface area contributed by atoms with E-state index in [0.717, 1.165) is 12.0 Å². The lowest BCUT2D eigenvalue weighted by molar-refractivity contribution is 0.493. The molecule has 2 atom stereocenters. The van der Waals surface area contributed by atoms with Gasteiger partial charge >= 0.3 is 0 Å². The molecule has 0 saturated heterocycles. The van der Waals surface area contributed by atoms with Crippen molar-refractivity contribution in [2.24, 2.45) is 5.92 Å². The van der Waals surface area contributed by atoms with Gasteiger partial charge in [0.05, 0.1) is 6.33 Å². The fourth-order valence-electron chi connectivity index (χ4n) is 1.93. The lowest BCUT2D eigenvalue weighted by atomic mass is 10.1. The molecule has 0 unspecified atom stereocenters. The third kappa shape index (κ3) is 1.30. The normalized spacial score (nSPS) is 31.0. The first kappa shape index (κ1) is 6.89. The van der Waals surface area contributed by atoms with Crippen LogP contribution >= 0.6 is 0 Å². The fourth-order valence-corrected chi connectivity index (χ4v) is 1.93. The summed E-state index contributed by atoms with van der Waals surface area (Å²) in [7, 11) is 0. The number of nitrogens with zero attached hydrogens (tertiary/aromatic N) is 2. The van der Waals surface area contributed by atoms with Crippen LogP contribution in [0.25, 0.3) is 0 Å². The van der Waals surface area contributed by atoms with Gasteiger partial charge in [-0.05, 0) is 25.2 Å². The summed E-state index contributed by atoms with van der Waals surface area (Å²) in [5, 5.41) is 0. The van der Waals surface area contributed by atoms with Crippen LogP contribution < -0.4 is 0 Å². The molecule has 60 valence electrons. The van der Waals surface area contributed by atoms with E-state index >= 15 is 0 Å². The van der Waals surface area contributed by atoms with Gasteiger partial charge in [0.1, 0.15) is 0 Å². The van der Waals surface area contributed by atoms with Gasteiger partial charge in [-0.15, -0.1) is 0 Å². The average molecular weight is 150 g/mol. The average Bonchev–Trinajstić information content (AvgIpc) is 2.55. The quantitative estimate of drug-likeness (QED) is 0.600. The number of hydrogen-bond acceptors (Lipinski definition) is 1. The van der Waals surface area contributed by atoms with Crippen molar-refractivity contribution in [1.82, 2.24) is 9.55 Å². The molecule has 0 bridgehead atoms. The lowest BCUT2D eigenvalue weighted by Crippen LogP contribution is -2.01. The van der Waals surface area contributed by atoms with E-state index in [0.29, 0.717) is 0 Å². The van der Waals surface area contributed by atoms with Crippen molar-refractivity contribution in [2.45, 2.75) is 32.2 Å². The van der Waals surface area contributed by atoms with E-state index in [-0.39, 0.29) is 0 Å². The van der Waals surface area contributed by atoms with Gasteiger partial charge in [0, 0.05) is 18.4 Å². The maximum absolute atomic E-state index is 4.05. The van der Waals surface area contributed by atoms with Crippen LogP contribution in [-0.4, -0.2) is 9.55 Å². The van der Waals surface area contributed by atoms with E-state index < -0.39 is 0 Å². The monoisotopic (exact) mass is 150 g/mol. The van der Waals surface area contributed by atoms with Crippen molar-refractivity contribution in [2.75, 3.05) is 0 Å². The van der Waals surface area contributed by atoms with E-state index in [9.17, 15) is 0 Å². The van der Waals surface area contributed by atoms with Gasteiger partial charge < -0.3 is 4.57 Å². The Labute approximate surface area is 67.3 Å². The second-order valence-electron chi connectivity index (χ2n) is 3.58. The zero-order valence-corrected chi connectivity index (χ0v) is 6.90. The number of imidazole rings is 1. The molecule has 0 aliphatic heterocycles. The van der Waals surface area contributed by atoms with Gasteiger partial charge in [-0.25, -0.2) is 4.98 Å². The molecule has 0 spiro atoms. The highest BCUT2D eigenvalue weighted by molar-refractivity contribution is 4.84. The van der Waals surface area contributed by atoms with Crippen LogP contribution in [0.4, 0.5) is 0 Å². The topological polar surface area (TPSA) is 17.8 Å². The second kappa shape index (κ2) is 2.68. The van der Waals surface area contributed by atoms with Crippen molar-refractivity contribution in [3.05, 3.63) is 18.7 Å². The molecule has 2 heteroatoms. The van der Waals surface area contributed by atoms with Crippen LogP contribution in [0.2, 0.25) is 0 Å². The highest BCUT2D eigenvalue weighted by Crippen LogP contribution is 2.33. The van der Waals surface area contributed by atoms with E-state index in [2.05, 4.69) is 22.7 Å². The molecule has 0 N–H and O–H groups in total. The van der Waals surface area contributed by atoms with E-state index in [1.165, 1.54) is 19.3 Å². The minimum atomic E-state index is 0.729. The predicted octanol–water partition coefficient (Wildman–Crippen LogP) is 2.24. The molecule has 11 heavy (non-hydrogen) atoms. The summed E-state index contributed by atoms with van der Waals surface area (Å²) in [5.74, 6) is 0.905. The Morgan fingerprint density at radius 3 is 2.91 bits per heavy atom. The fraction of sp³-hybridized carbons (Fsp3) is 0.667. The summed E-state index contributed by atoms with van der Waals surface area (Å²) in [6.45, 7) is 2.33. The Hall–Kier alpha value is -0.790. The Balaban J connectivity index is 2.08. The van der Waals surface area contributed by atoms with Crippen LogP contribution in [0, 0.1) is 5.92 Å². The lowest BCUT2D eigenvalue weighted by Gasteiger charge is -2.09. The molecule has 1 saturated carbocycles. The molecule has 1 fully saturated rings. The standard InChI is InChI=1S/C9H14N2/c1-8-2-3-9(6-8)11-5-4-10-7-11/h4-5,7-9H,2-3,6H2,1H3/t8-,9-/m1/s1. The van der Waals surface area contributed by atoms with Crippen LogP contribution in [0.15, 0.2) is 18.7 Å². The van der Waals surface area contributed by atoms with Crippen molar-refractivity contribution < 1.29 is 0 Å². The molecule has 2 nitrogen and oxygen atoms in total. The molecule has 1 aromatic rings. The summed E-state index contributed by atoms with van der Waals surface area (Å²) >= 11 is 0.